The molecule has 1 amide bonds. The summed E-state index contributed by atoms with van der Waals surface area (Å²) in [6.45, 7) is 6.02. The van der Waals surface area contributed by atoms with E-state index in [1.54, 1.807) is 11.7 Å². The number of carbonyl (C=O) groups is 1. The van der Waals surface area contributed by atoms with Crippen LogP contribution in [0.4, 0.5) is 0 Å². The molecule has 84 valence electrons. The first-order valence-electron chi connectivity index (χ1n) is 4.57. The number of nitrogens with zero attached hydrogens (tertiary/aromatic N) is 4. The van der Waals surface area contributed by atoms with E-state index in [1.165, 1.54) is 11.8 Å². The van der Waals surface area contributed by atoms with Gasteiger partial charge in [0.1, 0.15) is 0 Å². The van der Waals surface area contributed by atoms with Crippen molar-refractivity contribution in [2.45, 2.75) is 31.5 Å². The Morgan fingerprint density at radius 3 is 2.73 bits per heavy atom. The predicted octanol–water partition coefficient (Wildman–Crippen LogP) is 0.266. The van der Waals surface area contributed by atoms with Crippen LogP contribution >= 0.6 is 11.8 Å². The molecule has 0 aliphatic rings. The van der Waals surface area contributed by atoms with Gasteiger partial charge in [0, 0.05) is 7.05 Å². The molecule has 0 radical (unpaired) electrons. The molecule has 0 atom stereocenters. The summed E-state index contributed by atoms with van der Waals surface area (Å²) < 4.78 is 1.71. The average Bonchev–Trinajstić information content (AvgIpc) is 2.61. The largest absolute Gasteiger partial charge is 0.358 e. The number of carbonyl (C=O) groups excluding carboxylic acids is 1. The molecule has 0 saturated heterocycles. The lowest BCUT2D eigenvalue weighted by Gasteiger charge is -2.19. The monoisotopic (exact) mass is 229 g/mol. The fourth-order valence-electron chi connectivity index (χ4n) is 0.892. The molecule has 0 bridgehead atoms. The van der Waals surface area contributed by atoms with Gasteiger partial charge in [-0.2, -0.15) is 0 Å². The van der Waals surface area contributed by atoms with Gasteiger partial charge in [-0.25, -0.2) is 4.68 Å². The summed E-state index contributed by atoms with van der Waals surface area (Å²) in [7, 11) is 1.61. The lowest BCUT2D eigenvalue weighted by atomic mass is 10.1. The van der Waals surface area contributed by atoms with E-state index in [-0.39, 0.29) is 11.4 Å². The average molecular weight is 229 g/mol. The van der Waals surface area contributed by atoms with Crippen molar-refractivity contribution in [2.75, 3.05) is 12.8 Å². The number of hydrogen-bond acceptors (Lipinski definition) is 5. The van der Waals surface area contributed by atoms with Crippen molar-refractivity contribution in [1.82, 2.24) is 25.5 Å². The molecule has 0 spiro atoms. The van der Waals surface area contributed by atoms with E-state index in [0.717, 1.165) is 0 Å². The van der Waals surface area contributed by atoms with Crippen LogP contribution < -0.4 is 5.32 Å². The normalized spacial score (nSPS) is 11.5. The molecule has 6 nitrogen and oxygen atoms in total. The van der Waals surface area contributed by atoms with Crippen molar-refractivity contribution >= 4 is 17.7 Å². The molecule has 0 aromatic carbocycles. The Balaban J connectivity index is 2.70. The van der Waals surface area contributed by atoms with Gasteiger partial charge in [-0.05, 0) is 31.2 Å². The third-order valence-electron chi connectivity index (χ3n) is 1.69. The van der Waals surface area contributed by atoms with Gasteiger partial charge in [0.25, 0.3) is 0 Å². The lowest BCUT2D eigenvalue weighted by molar-refractivity contribution is -0.118. The summed E-state index contributed by atoms with van der Waals surface area (Å²) in [4.78, 5) is 11.1. The van der Waals surface area contributed by atoms with Crippen LogP contribution in [-0.4, -0.2) is 38.9 Å². The highest BCUT2D eigenvalue weighted by Crippen LogP contribution is 2.20. The topological polar surface area (TPSA) is 72.7 Å². The van der Waals surface area contributed by atoms with Gasteiger partial charge in [0.05, 0.1) is 11.3 Å². The number of rotatable bonds is 3. The van der Waals surface area contributed by atoms with Crippen LogP contribution in [0.3, 0.4) is 0 Å². The van der Waals surface area contributed by atoms with Gasteiger partial charge in [0.15, 0.2) is 0 Å². The number of nitrogens with one attached hydrogen (secondary N) is 1. The highest BCUT2D eigenvalue weighted by Gasteiger charge is 2.20. The second kappa shape index (κ2) is 4.61. The maximum Gasteiger partial charge on any atom is 0.230 e. The Bertz CT molecular complexity index is 343. The molecule has 0 unspecified atom stereocenters. The quantitative estimate of drug-likeness (QED) is 0.753. The molecule has 0 fully saturated rings. The summed E-state index contributed by atoms with van der Waals surface area (Å²) >= 11 is 1.33. The molecule has 1 N–H and O–H groups in total. The molecular formula is C8H15N5OS. The second-order valence-corrected chi connectivity index (χ2v) is 4.95. The Labute approximate surface area is 92.8 Å². The van der Waals surface area contributed by atoms with Crippen LogP contribution in [0.25, 0.3) is 0 Å². The molecule has 1 aromatic rings. The Hall–Kier alpha value is -1.11. The van der Waals surface area contributed by atoms with E-state index in [0.29, 0.717) is 10.9 Å². The number of aromatic nitrogens is 4. The zero-order valence-corrected chi connectivity index (χ0v) is 10.1. The number of amides is 1. The lowest BCUT2D eigenvalue weighted by Crippen LogP contribution is -2.25. The third-order valence-corrected chi connectivity index (χ3v) is 2.61. The smallest absolute Gasteiger partial charge is 0.230 e. The minimum atomic E-state index is -0.172. The Morgan fingerprint density at radius 2 is 2.20 bits per heavy atom. The summed E-state index contributed by atoms with van der Waals surface area (Å²) in [5.41, 5.74) is -0.172. The SMILES string of the molecule is CNC(=O)CSc1nnnn1C(C)(C)C. The van der Waals surface area contributed by atoms with Crippen molar-refractivity contribution in [2.24, 2.45) is 0 Å². The zero-order chi connectivity index (χ0) is 11.5. The van der Waals surface area contributed by atoms with E-state index in [1.807, 2.05) is 20.8 Å². The zero-order valence-electron chi connectivity index (χ0n) is 9.31. The molecule has 7 heteroatoms. The van der Waals surface area contributed by atoms with E-state index in [2.05, 4.69) is 20.8 Å². The summed E-state index contributed by atoms with van der Waals surface area (Å²) in [5.74, 6) is 0.288. The Kier molecular flexibility index (Phi) is 3.67. The van der Waals surface area contributed by atoms with Gasteiger partial charge in [-0.1, -0.05) is 11.8 Å². The van der Waals surface area contributed by atoms with Crippen molar-refractivity contribution in [1.29, 1.82) is 0 Å². The summed E-state index contributed by atoms with van der Waals surface area (Å²) in [6.07, 6.45) is 0. The van der Waals surface area contributed by atoms with Gasteiger partial charge in [-0.3, -0.25) is 4.79 Å². The molecular weight excluding hydrogens is 214 g/mol. The molecule has 1 rings (SSSR count). The predicted molar refractivity (Wildman–Crippen MR) is 57.6 cm³/mol. The van der Waals surface area contributed by atoms with Crippen LogP contribution in [-0.2, 0) is 10.3 Å². The summed E-state index contributed by atoms with van der Waals surface area (Å²) in [5, 5.41) is 14.6. The minimum Gasteiger partial charge on any atom is -0.358 e. The first-order chi connectivity index (χ1) is 6.95. The highest BCUT2D eigenvalue weighted by atomic mass is 32.2. The van der Waals surface area contributed by atoms with Crippen LogP contribution in [0.2, 0.25) is 0 Å². The first kappa shape index (κ1) is 12.0. The maximum atomic E-state index is 11.1. The summed E-state index contributed by atoms with van der Waals surface area (Å²) in [6, 6.07) is 0. The molecule has 15 heavy (non-hydrogen) atoms. The minimum absolute atomic E-state index is 0.0385. The number of thioether (sulfide) groups is 1. The van der Waals surface area contributed by atoms with Crippen LogP contribution in [0.15, 0.2) is 5.16 Å². The van der Waals surface area contributed by atoms with Crippen LogP contribution in [0, 0.1) is 0 Å². The van der Waals surface area contributed by atoms with Crippen molar-refractivity contribution < 1.29 is 4.79 Å². The standard InChI is InChI=1S/C8H15N5OS/c1-8(2,3)13-7(10-11-12-13)15-5-6(14)9-4/h5H2,1-4H3,(H,9,14). The molecule has 0 aliphatic carbocycles. The molecule has 0 aliphatic heterocycles. The van der Waals surface area contributed by atoms with Gasteiger partial charge in [-0.15, -0.1) is 5.10 Å². The van der Waals surface area contributed by atoms with Crippen LogP contribution in [0.5, 0.6) is 0 Å². The van der Waals surface area contributed by atoms with E-state index in [4.69, 9.17) is 0 Å². The van der Waals surface area contributed by atoms with Crippen molar-refractivity contribution in [3.63, 3.8) is 0 Å². The second-order valence-electron chi connectivity index (χ2n) is 4.01. The van der Waals surface area contributed by atoms with Crippen molar-refractivity contribution in [3.05, 3.63) is 0 Å². The van der Waals surface area contributed by atoms with Crippen LogP contribution in [0.1, 0.15) is 20.8 Å². The van der Waals surface area contributed by atoms with E-state index >= 15 is 0 Å². The number of tetrazole rings is 1. The molecule has 1 heterocycles. The molecule has 1 aromatic heterocycles. The van der Waals surface area contributed by atoms with E-state index in [9.17, 15) is 4.79 Å². The molecule has 0 saturated carbocycles. The fraction of sp³-hybridized carbons (Fsp3) is 0.750. The third kappa shape index (κ3) is 3.19. The van der Waals surface area contributed by atoms with Gasteiger partial charge >= 0.3 is 0 Å². The highest BCUT2D eigenvalue weighted by molar-refractivity contribution is 7.99. The van der Waals surface area contributed by atoms with Gasteiger partial charge < -0.3 is 5.32 Å². The fourth-order valence-corrected chi connectivity index (χ4v) is 1.82. The Morgan fingerprint density at radius 1 is 1.53 bits per heavy atom. The maximum absolute atomic E-state index is 11.1. The first-order valence-corrected chi connectivity index (χ1v) is 5.56. The number of hydrogen-bond donors (Lipinski definition) is 1. The van der Waals surface area contributed by atoms with E-state index < -0.39 is 0 Å². The van der Waals surface area contributed by atoms with Crippen molar-refractivity contribution in [3.8, 4) is 0 Å². The van der Waals surface area contributed by atoms with Gasteiger partial charge in [0.2, 0.25) is 11.1 Å².